The minimum atomic E-state index is -4.61. The lowest BCUT2D eigenvalue weighted by molar-refractivity contribution is -0.137. The van der Waals surface area contributed by atoms with Crippen LogP contribution in [0.15, 0.2) is 48.5 Å². The summed E-state index contributed by atoms with van der Waals surface area (Å²) in [5.41, 5.74) is 2.23. The average Bonchev–Trinajstić information content (AvgIpc) is 3.23. The molecule has 4 rings (SSSR count). The van der Waals surface area contributed by atoms with Gasteiger partial charge in [0.15, 0.2) is 0 Å². The quantitative estimate of drug-likeness (QED) is 0.586. The van der Waals surface area contributed by atoms with E-state index in [1.165, 1.54) is 22.9 Å². The first kappa shape index (κ1) is 21.6. The molecular weight excluding hydrogens is 421 g/mol. The highest BCUT2D eigenvalue weighted by molar-refractivity contribution is 6.04. The van der Waals surface area contributed by atoms with E-state index in [4.69, 9.17) is 0 Å². The molecule has 2 N–H and O–H groups in total. The summed E-state index contributed by atoms with van der Waals surface area (Å²) in [4.78, 5) is 25.2. The number of nitrogens with one attached hydrogen (secondary N) is 2. The zero-order valence-electron chi connectivity index (χ0n) is 17.5. The standard InChI is InChI=1S/C23H21F3N4O2/c1-3-16-20(14-10-8-13(2)9-11-14)21-28-22(32)18(30(21)29-16)12-19(31)27-17-7-5-4-6-15(17)23(24,25)26/h4-11,18H,3,12H2,1-2H3,(H,27,31)(H,28,32). The maximum Gasteiger partial charge on any atom is 0.418 e. The van der Waals surface area contributed by atoms with Gasteiger partial charge in [-0.1, -0.05) is 48.9 Å². The van der Waals surface area contributed by atoms with Gasteiger partial charge in [0.25, 0.3) is 5.91 Å². The van der Waals surface area contributed by atoms with Crippen molar-refractivity contribution in [2.45, 2.75) is 38.9 Å². The first-order valence-corrected chi connectivity index (χ1v) is 10.1. The molecular formula is C23H21F3N4O2. The van der Waals surface area contributed by atoms with Crippen LogP contribution >= 0.6 is 0 Å². The molecule has 9 heteroatoms. The number of para-hydroxylation sites is 1. The minimum Gasteiger partial charge on any atom is -0.325 e. The Morgan fingerprint density at radius 3 is 2.50 bits per heavy atom. The molecule has 6 nitrogen and oxygen atoms in total. The van der Waals surface area contributed by atoms with Gasteiger partial charge in [-0.3, -0.25) is 9.59 Å². The predicted molar refractivity (Wildman–Crippen MR) is 114 cm³/mol. The molecule has 2 heterocycles. The number of carbonyl (C=O) groups is 2. The normalized spacial score (nSPS) is 15.4. The summed E-state index contributed by atoms with van der Waals surface area (Å²) in [6.07, 6.45) is -4.34. The van der Waals surface area contributed by atoms with Gasteiger partial charge < -0.3 is 10.6 Å². The van der Waals surface area contributed by atoms with Crippen molar-refractivity contribution in [1.82, 2.24) is 9.78 Å². The van der Waals surface area contributed by atoms with E-state index in [2.05, 4.69) is 15.7 Å². The number of nitrogens with zero attached hydrogens (tertiary/aromatic N) is 2. The molecule has 0 saturated heterocycles. The van der Waals surface area contributed by atoms with E-state index in [0.29, 0.717) is 12.2 Å². The molecule has 1 atom stereocenters. The molecule has 166 valence electrons. The summed E-state index contributed by atoms with van der Waals surface area (Å²) >= 11 is 0. The number of aryl methyl sites for hydroxylation is 2. The van der Waals surface area contributed by atoms with Crippen LogP contribution in [-0.4, -0.2) is 21.6 Å². The molecule has 1 aliphatic heterocycles. The number of fused-ring (bicyclic) bond motifs is 1. The number of amides is 2. The van der Waals surface area contributed by atoms with Gasteiger partial charge in [0.1, 0.15) is 11.9 Å². The van der Waals surface area contributed by atoms with E-state index >= 15 is 0 Å². The highest BCUT2D eigenvalue weighted by Gasteiger charge is 2.38. The van der Waals surface area contributed by atoms with Gasteiger partial charge in [-0.15, -0.1) is 0 Å². The first-order valence-electron chi connectivity index (χ1n) is 10.1. The molecule has 32 heavy (non-hydrogen) atoms. The molecule has 0 spiro atoms. The monoisotopic (exact) mass is 442 g/mol. The number of rotatable bonds is 5. The maximum absolute atomic E-state index is 13.2. The lowest BCUT2D eigenvalue weighted by atomic mass is 10.0. The second kappa shape index (κ2) is 8.14. The molecule has 1 aromatic heterocycles. The van der Waals surface area contributed by atoms with Crippen LogP contribution < -0.4 is 10.6 Å². The molecule has 0 radical (unpaired) electrons. The first-order chi connectivity index (χ1) is 15.2. The SMILES string of the molecule is CCc1nn2c(c1-c1ccc(C)cc1)NC(=O)C2CC(=O)Nc1ccccc1C(F)(F)F. The molecule has 0 fully saturated rings. The Balaban J connectivity index is 1.61. The minimum absolute atomic E-state index is 0.344. The number of alkyl halides is 3. The van der Waals surface area contributed by atoms with Crippen molar-refractivity contribution in [1.29, 1.82) is 0 Å². The van der Waals surface area contributed by atoms with Gasteiger partial charge in [0.2, 0.25) is 5.91 Å². The van der Waals surface area contributed by atoms with Crippen molar-refractivity contribution < 1.29 is 22.8 Å². The number of hydrogen-bond acceptors (Lipinski definition) is 3. The van der Waals surface area contributed by atoms with E-state index in [1.54, 1.807) is 0 Å². The van der Waals surface area contributed by atoms with Crippen molar-refractivity contribution in [3.05, 3.63) is 65.4 Å². The second-order valence-electron chi connectivity index (χ2n) is 7.64. The van der Waals surface area contributed by atoms with Crippen LogP contribution in [0.4, 0.5) is 24.7 Å². The smallest absolute Gasteiger partial charge is 0.325 e. The average molecular weight is 442 g/mol. The number of hydrogen-bond donors (Lipinski definition) is 2. The van der Waals surface area contributed by atoms with Crippen LogP contribution in [0.3, 0.4) is 0 Å². The van der Waals surface area contributed by atoms with Gasteiger partial charge in [-0.25, -0.2) is 4.68 Å². The van der Waals surface area contributed by atoms with Crippen LogP contribution in [0, 0.1) is 6.92 Å². The topological polar surface area (TPSA) is 76.0 Å². The third-order valence-electron chi connectivity index (χ3n) is 5.38. The molecule has 2 aromatic carbocycles. The van der Waals surface area contributed by atoms with Crippen LogP contribution in [-0.2, 0) is 22.2 Å². The third kappa shape index (κ3) is 3.98. The number of anilines is 2. The lowest BCUT2D eigenvalue weighted by Gasteiger charge is -2.14. The molecule has 1 aliphatic rings. The van der Waals surface area contributed by atoms with Gasteiger partial charge in [0.05, 0.1) is 23.4 Å². The van der Waals surface area contributed by atoms with Crippen molar-refractivity contribution in [2.24, 2.45) is 0 Å². The van der Waals surface area contributed by atoms with Crippen LogP contribution in [0.2, 0.25) is 0 Å². The van der Waals surface area contributed by atoms with Crippen molar-refractivity contribution in [3.8, 4) is 11.1 Å². The summed E-state index contributed by atoms with van der Waals surface area (Å²) in [6, 6.07) is 11.6. The fourth-order valence-electron chi connectivity index (χ4n) is 3.80. The largest absolute Gasteiger partial charge is 0.418 e. The Bertz CT molecular complexity index is 1180. The van der Waals surface area contributed by atoms with Crippen LogP contribution in [0.1, 0.15) is 36.2 Å². The summed E-state index contributed by atoms with van der Waals surface area (Å²) in [5.74, 6) is -0.646. The Kier molecular flexibility index (Phi) is 5.50. The highest BCUT2D eigenvalue weighted by atomic mass is 19.4. The zero-order valence-corrected chi connectivity index (χ0v) is 17.5. The summed E-state index contributed by atoms with van der Waals surface area (Å²) < 4.78 is 41.1. The van der Waals surface area contributed by atoms with Crippen molar-refractivity contribution >= 4 is 23.3 Å². The Hall–Kier alpha value is -3.62. The van der Waals surface area contributed by atoms with Gasteiger partial charge in [-0.2, -0.15) is 18.3 Å². The van der Waals surface area contributed by atoms with Crippen molar-refractivity contribution in [2.75, 3.05) is 10.6 Å². The zero-order chi connectivity index (χ0) is 23.0. The van der Waals surface area contributed by atoms with E-state index in [-0.39, 0.29) is 12.1 Å². The number of halogens is 3. The molecule has 0 bridgehead atoms. The van der Waals surface area contributed by atoms with E-state index in [1.807, 2.05) is 38.1 Å². The maximum atomic E-state index is 13.2. The summed E-state index contributed by atoms with van der Waals surface area (Å²) in [7, 11) is 0. The summed E-state index contributed by atoms with van der Waals surface area (Å²) in [6.45, 7) is 3.91. The van der Waals surface area contributed by atoms with Gasteiger partial charge in [0, 0.05) is 5.56 Å². The third-order valence-corrected chi connectivity index (χ3v) is 5.38. The number of benzene rings is 2. The van der Waals surface area contributed by atoms with Crippen LogP contribution in [0.5, 0.6) is 0 Å². The van der Waals surface area contributed by atoms with Gasteiger partial charge >= 0.3 is 6.18 Å². The van der Waals surface area contributed by atoms with E-state index in [9.17, 15) is 22.8 Å². The molecule has 3 aromatic rings. The molecule has 2 amide bonds. The molecule has 1 unspecified atom stereocenters. The summed E-state index contributed by atoms with van der Waals surface area (Å²) in [5, 5.41) is 9.61. The number of aromatic nitrogens is 2. The Labute approximate surface area is 182 Å². The highest BCUT2D eigenvalue weighted by Crippen LogP contribution is 2.39. The molecule has 0 aliphatic carbocycles. The Morgan fingerprint density at radius 1 is 1.16 bits per heavy atom. The fraction of sp³-hybridized carbons (Fsp3) is 0.261. The number of carbonyl (C=O) groups excluding carboxylic acids is 2. The second-order valence-corrected chi connectivity index (χ2v) is 7.64. The lowest BCUT2D eigenvalue weighted by Crippen LogP contribution is -2.24. The van der Waals surface area contributed by atoms with Crippen LogP contribution in [0.25, 0.3) is 11.1 Å². The van der Waals surface area contributed by atoms with E-state index in [0.717, 1.165) is 28.5 Å². The fourth-order valence-corrected chi connectivity index (χ4v) is 3.80. The van der Waals surface area contributed by atoms with Gasteiger partial charge in [-0.05, 0) is 31.0 Å². The Morgan fingerprint density at radius 2 is 1.84 bits per heavy atom. The predicted octanol–water partition coefficient (Wildman–Crippen LogP) is 4.96. The van der Waals surface area contributed by atoms with E-state index < -0.39 is 29.6 Å². The van der Waals surface area contributed by atoms with Crippen molar-refractivity contribution in [3.63, 3.8) is 0 Å². The molecule has 0 saturated carbocycles.